The van der Waals surface area contributed by atoms with Crippen molar-refractivity contribution < 1.29 is 23.9 Å². The fourth-order valence-corrected chi connectivity index (χ4v) is 1.52. The Labute approximate surface area is 125 Å². The Hall–Kier alpha value is -1.47. The van der Waals surface area contributed by atoms with Crippen LogP contribution in [-0.4, -0.2) is 56.6 Å². The first kappa shape index (κ1) is 19.5. The Morgan fingerprint density at radius 1 is 1.00 bits per heavy atom. The molecular weight excluding hydrogens is 276 g/mol. The average molecular weight is 302 g/mol. The standard InChI is InChI=1S/C14H26N2O5/c1-5-20-6-7-21-9-13(18)15-8-12(17)16-11(4)14(19)10(2)3/h10-11H,5-9H2,1-4H3,(H,15,18)(H,16,17). The molecule has 0 aliphatic rings. The van der Waals surface area contributed by atoms with Gasteiger partial charge in [0.25, 0.3) is 0 Å². The van der Waals surface area contributed by atoms with Gasteiger partial charge in [-0.05, 0) is 13.8 Å². The fraction of sp³-hybridized carbons (Fsp3) is 0.786. The highest BCUT2D eigenvalue weighted by molar-refractivity contribution is 5.91. The van der Waals surface area contributed by atoms with Gasteiger partial charge in [-0.15, -0.1) is 0 Å². The molecule has 0 aromatic rings. The molecule has 1 atom stereocenters. The zero-order valence-electron chi connectivity index (χ0n) is 13.2. The first-order chi connectivity index (χ1) is 9.88. The van der Waals surface area contributed by atoms with E-state index in [0.29, 0.717) is 19.8 Å². The summed E-state index contributed by atoms with van der Waals surface area (Å²) in [6, 6.07) is -0.558. The van der Waals surface area contributed by atoms with Gasteiger partial charge in [-0.2, -0.15) is 0 Å². The van der Waals surface area contributed by atoms with E-state index in [9.17, 15) is 14.4 Å². The van der Waals surface area contributed by atoms with Gasteiger partial charge in [0.2, 0.25) is 11.8 Å². The van der Waals surface area contributed by atoms with Crippen molar-refractivity contribution in [3.05, 3.63) is 0 Å². The van der Waals surface area contributed by atoms with Crippen molar-refractivity contribution in [1.29, 1.82) is 0 Å². The van der Waals surface area contributed by atoms with Crippen LogP contribution in [0.15, 0.2) is 0 Å². The largest absolute Gasteiger partial charge is 0.379 e. The van der Waals surface area contributed by atoms with Crippen LogP contribution in [0.2, 0.25) is 0 Å². The predicted molar refractivity (Wildman–Crippen MR) is 77.8 cm³/mol. The molecule has 21 heavy (non-hydrogen) atoms. The Morgan fingerprint density at radius 3 is 2.19 bits per heavy atom. The maximum atomic E-state index is 11.6. The van der Waals surface area contributed by atoms with Gasteiger partial charge in [0.05, 0.1) is 25.8 Å². The molecule has 0 bridgehead atoms. The molecule has 0 aliphatic heterocycles. The SMILES string of the molecule is CCOCCOCC(=O)NCC(=O)NC(C)C(=O)C(C)C. The second kappa shape index (κ2) is 11.2. The van der Waals surface area contributed by atoms with E-state index in [1.807, 2.05) is 6.92 Å². The lowest BCUT2D eigenvalue weighted by molar-refractivity contribution is -0.131. The molecule has 0 heterocycles. The highest BCUT2D eigenvalue weighted by atomic mass is 16.5. The van der Waals surface area contributed by atoms with Crippen LogP contribution in [0, 0.1) is 5.92 Å². The molecule has 0 aromatic carbocycles. The summed E-state index contributed by atoms with van der Waals surface area (Å²) in [5.74, 6) is -0.980. The van der Waals surface area contributed by atoms with Gasteiger partial charge in [0.1, 0.15) is 6.61 Å². The molecule has 7 nitrogen and oxygen atoms in total. The number of hydrogen-bond acceptors (Lipinski definition) is 5. The number of nitrogens with one attached hydrogen (secondary N) is 2. The van der Waals surface area contributed by atoms with Crippen LogP contribution in [0.4, 0.5) is 0 Å². The van der Waals surface area contributed by atoms with Gasteiger partial charge < -0.3 is 20.1 Å². The Kier molecular flexibility index (Phi) is 10.4. The average Bonchev–Trinajstić information content (AvgIpc) is 2.43. The summed E-state index contributed by atoms with van der Waals surface area (Å²) in [5.41, 5.74) is 0. The van der Waals surface area contributed by atoms with Crippen LogP contribution in [-0.2, 0) is 23.9 Å². The Balaban J connectivity index is 3.77. The van der Waals surface area contributed by atoms with E-state index in [1.165, 1.54) is 0 Å². The van der Waals surface area contributed by atoms with Gasteiger partial charge in [0.15, 0.2) is 5.78 Å². The van der Waals surface area contributed by atoms with E-state index in [0.717, 1.165) is 0 Å². The molecule has 0 aromatic heterocycles. The van der Waals surface area contributed by atoms with Crippen molar-refractivity contribution in [2.75, 3.05) is 33.0 Å². The molecule has 0 saturated carbocycles. The van der Waals surface area contributed by atoms with E-state index in [-0.39, 0.29) is 30.8 Å². The second-order valence-electron chi connectivity index (χ2n) is 4.87. The topological polar surface area (TPSA) is 93.7 Å². The number of carbonyl (C=O) groups excluding carboxylic acids is 3. The smallest absolute Gasteiger partial charge is 0.246 e. The van der Waals surface area contributed by atoms with E-state index >= 15 is 0 Å². The number of ketones is 1. The number of rotatable bonds is 11. The third-order valence-corrected chi connectivity index (χ3v) is 2.63. The highest BCUT2D eigenvalue weighted by Gasteiger charge is 2.18. The second-order valence-corrected chi connectivity index (χ2v) is 4.87. The molecular formula is C14H26N2O5. The van der Waals surface area contributed by atoms with Crippen molar-refractivity contribution in [1.82, 2.24) is 10.6 Å². The van der Waals surface area contributed by atoms with Crippen LogP contribution in [0.1, 0.15) is 27.7 Å². The summed E-state index contributed by atoms with van der Waals surface area (Å²) in [5, 5.41) is 4.96. The summed E-state index contributed by atoms with van der Waals surface area (Å²) in [7, 11) is 0. The van der Waals surface area contributed by atoms with Gasteiger partial charge >= 0.3 is 0 Å². The Morgan fingerprint density at radius 2 is 1.62 bits per heavy atom. The minimum atomic E-state index is -0.558. The summed E-state index contributed by atoms with van der Waals surface area (Å²) >= 11 is 0. The zero-order valence-corrected chi connectivity index (χ0v) is 13.2. The zero-order chi connectivity index (χ0) is 16.3. The predicted octanol–water partition coefficient (Wildman–Crippen LogP) is -0.114. The lowest BCUT2D eigenvalue weighted by atomic mass is 10.0. The quantitative estimate of drug-likeness (QED) is 0.519. The van der Waals surface area contributed by atoms with Crippen LogP contribution < -0.4 is 10.6 Å². The Bertz CT molecular complexity index is 344. The van der Waals surface area contributed by atoms with E-state index in [2.05, 4.69) is 10.6 Å². The summed E-state index contributed by atoms with van der Waals surface area (Å²) in [6.45, 7) is 8.09. The first-order valence-electron chi connectivity index (χ1n) is 7.13. The highest BCUT2D eigenvalue weighted by Crippen LogP contribution is 1.98. The molecule has 1 unspecified atom stereocenters. The number of ether oxygens (including phenoxy) is 2. The van der Waals surface area contributed by atoms with Crippen LogP contribution in [0.25, 0.3) is 0 Å². The van der Waals surface area contributed by atoms with Gasteiger partial charge in [-0.25, -0.2) is 0 Å². The van der Waals surface area contributed by atoms with Crippen molar-refractivity contribution in [2.45, 2.75) is 33.7 Å². The van der Waals surface area contributed by atoms with Crippen molar-refractivity contribution >= 4 is 17.6 Å². The third-order valence-electron chi connectivity index (χ3n) is 2.63. The summed E-state index contributed by atoms with van der Waals surface area (Å²) in [6.07, 6.45) is 0. The van der Waals surface area contributed by atoms with Crippen LogP contribution in [0.5, 0.6) is 0 Å². The normalized spacial score (nSPS) is 12.0. The summed E-state index contributed by atoms with van der Waals surface area (Å²) < 4.78 is 10.1. The minimum Gasteiger partial charge on any atom is -0.379 e. The first-order valence-corrected chi connectivity index (χ1v) is 7.13. The maximum Gasteiger partial charge on any atom is 0.246 e. The monoisotopic (exact) mass is 302 g/mol. The van der Waals surface area contributed by atoms with Crippen LogP contribution in [0.3, 0.4) is 0 Å². The number of carbonyl (C=O) groups is 3. The molecule has 0 aliphatic carbocycles. The number of hydrogen-bond donors (Lipinski definition) is 2. The van der Waals surface area contributed by atoms with Crippen LogP contribution >= 0.6 is 0 Å². The van der Waals surface area contributed by atoms with E-state index < -0.39 is 11.9 Å². The lowest BCUT2D eigenvalue weighted by Crippen LogP contribution is -2.45. The lowest BCUT2D eigenvalue weighted by Gasteiger charge is -2.15. The van der Waals surface area contributed by atoms with E-state index in [4.69, 9.17) is 9.47 Å². The molecule has 122 valence electrons. The molecule has 0 rings (SSSR count). The van der Waals surface area contributed by atoms with Crippen molar-refractivity contribution in [2.24, 2.45) is 5.92 Å². The maximum absolute atomic E-state index is 11.6. The van der Waals surface area contributed by atoms with Gasteiger partial charge in [-0.3, -0.25) is 14.4 Å². The van der Waals surface area contributed by atoms with Gasteiger partial charge in [0, 0.05) is 12.5 Å². The van der Waals surface area contributed by atoms with Crippen molar-refractivity contribution in [3.63, 3.8) is 0 Å². The summed E-state index contributed by atoms with van der Waals surface area (Å²) in [4.78, 5) is 34.6. The van der Waals surface area contributed by atoms with Gasteiger partial charge in [-0.1, -0.05) is 13.8 Å². The van der Waals surface area contributed by atoms with E-state index in [1.54, 1.807) is 20.8 Å². The molecule has 2 amide bonds. The molecule has 0 fully saturated rings. The molecule has 0 radical (unpaired) electrons. The molecule has 7 heteroatoms. The molecule has 0 saturated heterocycles. The minimum absolute atomic E-state index is 0.0473. The number of Topliss-reactive ketones (excluding diaryl/α,β-unsaturated/α-hetero) is 1. The molecule has 0 spiro atoms. The molecule has 2 N–H and O–H groups in total. The third kappa shape index (κ3) is 9.97. The fourth-order valence-electron chi connectivity index (χ4n) is 1.52. The van der Waals surface area contributed by atoms with Crippen molar-refractivity contribution in [3.8, 4) is 0 Å². The number of amides is 2.